The Balaban J connectivity index is 2.19. The maximum Gasteiger partial charge on any atom is 0.129 e. The van der Waals surface area contributed by atoms with Gasteiger partial charge in [-0.1, -0.05) is 56.8 Å². The Morgan fingerprint density at radius 2 is 1.68 bits per heavy atom. The predicted octanol–water partition coefficient (Wildman–Crippen LogP) is 6.16. The van der Waals surface area contributed by atoms with Gasteiger partial charge < -0.3 is 5.32 Å². The number of hydrogen-bond acceptors (Lipinski definition) is 1. The maximum atomic E-state index is 13.7. The molecule has 0 spiro atoms. The lowest BCUT2D eigenvalue weighted by Gasteiger charge is -2.11. The summed E-state index contributed by atoms with van der Waals surface area (Å²) >= 11 is 21.1. The Labute approximate surface area is 133 Å². The molecule has 0 aliphatic heterocycles. The lowest BCUT2D eigenvalue weighted by molar-refractivity contribution is 0.612. The van der Waals surface area contributed by atoms with Gasteiger partial charge in [0.2, 0.25) is 0 Å². The standard InChI is InChI=1S/C13H8BrCl3FN/c14-8-2-1-7(12(18)3-8)6-19-13-10(16)4-9(15)5-11(13)17/h1-5,19H,6H2. The molecule has 1 nitrogen and oxygen atoms in total. The summed E-state index contributed by atoms with van der Waals surface area (Å²) in [6, 6.07) is 8.02. The fourth-order valence-corrected chi connectivity index (χ4v) is 2.84. The van der Waals surface area contributed by atoms with Crippen molar-refractivity contribution in [1.29, 1.82) is 0 Å². The van der Waals surface area contributed by atoms with Crippen molar-refractivity contribution in [3.63, 3.8) is 0 Å². The summed E-state index contributed by atoms with van der Waals surface area (Å²) in [5, 5.41) is 4.26. The molecule has 0 fully saturated rings. The van der Waals surface area contributed by atoms with E-state index in [1.165, 1.54) is 6.07 Å². The number of anilines is 1. The third-order valence-electron chi connectivity index (χ3n) is 2.48. The molecule has 100 valence electrons. The smallest absolute Gasteiger partial charge is 0.129 e. The van der Waals surface area contributed by atoms with E-state index >= 15 is 0 Å². The minimum absolute atomic E-state index is 0.278. The Morgan fingerprint density at radius 3 is 2.26 bits per heavy atom. The zero-order valence-electron chi connectivity index (χ0n) is 9.48. The summed E-state index contributed by atoms with van der Waals surface area (Å²) < 4.78 is 14.4. The van der Waals surface area contributed by atoms with Crippen LogP contribution in [-0.4, -0.2) is 0 Å². The number of nitrogens with one attached hydrogen (secondary N) is 1. The van der Waals surface area contributed by atoms with E-state index in [-0.39, 0.29) is 12.4 Å². The zero-order chi connectivity index (χ0) is 14.0. The van der Waals surface area contributed by atoms with E-state index in [1.807, 2.05) is 0 Å². The first-order valence-electron chi connectivity index (χ1n) is 5.29. The van der Waals surface area contributed by atoms with Crippen LogP contribution in [0.3, 0.4) is 0 Å². The number of benzene rings is 2. The molecule has 0 unspecified atom stereocenters. The van der Waals surface area contributed by atoms with Crippen molar-refractivity contribution in [3.05, 3.63) is 61.3 Å². The molecule has 0 heterocycles. The summed E-state index contributed by atoms with van der Waals surface area (Å²) in [5.41, 5.74) is 1.06. The normalized spacial score (nSPS) is 10.6. The third kappa shape index (κ3) is 3.76. The van der Waals surface area contributed by atoms with E-state index in [0.717, 1.165) is 0 Å². The minimum Gasteiger partial charge on any atom is -0.378 e. The molecule has 0 aliphatic carbocycles. The lowest BCUT2D eigenvalue weighted by atomic mass is 10.2. The SMILES string of the molecule is Fc1cc(Br)ccc1CNc1c(Cl)cc(Cl)cc1Cl. The van der Waals surface area contributed by atoms with Crippen molar-refractivity contribution in [1.82, 2.24) is 0 Å². The molecular formula is C13H8BrCl3FN. The highest BCUT2D eigenvalue weighted by Crippen LogP contribution is 2.34. The maximum absolute atomic E-state index is 13.7. The van der Waals surface area contributed by atoms with Gasteiger partial charge in [-0.15, -0.1) is 0 Å². The van der Waals surface area contributed by atoms with Gasteiger partial charge in [0.1, 0.15) is 5.82 Å². The molecule has 0 saturated carbocycles. The number of halogens is 5. The Bertz CT molecular complexity index is 596. The lowest BCUT2D eigenvalue weighted by Crippen LogP contribution is -2.03. The van der Waals surface area contributed by atoms with Crippen molar-refractivity contribution >= 4 is 56.4 Å². The number of rotatable bonds is 3. The fourth-order valence-electron chi connectivity index (χ4n) is 1.56. The first-order chi connectivity index (χ1) is 8.97. The van der Waals surface area contributed by atoms with E-state index in [9.17, 15) is 4.39 Å². The second-order valence-electron chi connectivity index (χ2n) is 3.83. The zero-order valence-corrected chi connectivity index (χ0v) is 13.3. The average molecular weight is 383 g/mol. The largest absolute Gasteiger partial charge is 0.378 e. The second kappa shape index (κ2) is 6.31. The second-order valence-corrected chi connectivity index (χ2v) is 6.00. The quantitative estimate of drug-likeness (QED) is 0.669. The van der Waals surface area contributed by atoms with Gasteiger partial charge in [0.15, 0.2) is 0 Å². The summed E-state index contributed by atoms with van der Waals surface area (Å²) in [6.07, 6.45) is 0. The summed E-state index contributed by atoms with van der Waals surface area (Å²) in [4.78, 5) is 0. The van der Waals surface area contributed by atoms with Crippen LogP contribution in [0.4, 0.5) is 10.1 Å². The van der Waals surface area contributed by atoms with E-state index in [2.05, 4.69) is 21.2 Å². The molecule has 0 bridgehead atoms. The molecule has 19 heavy (non-hydrogen) atoms. The molecular weight excluding hydrogens is 375 g/mol. The fraction of sp³-hybridized carbons (Fsp3) is 0.0769. The molecule has 6 heteroatoms. The number of hydrogen-bond donors (Lipinski definition) is 1. The van der Waals surface area contributed by atoms with Crippen LogP contribution in [-0.2, 0) is 6.54 Å². The summed E-state index contributed by atoms with van der Waals surface area (Å²) in [5.74, 6) is -0.303. The molecule has 0 atom stereocenters. The van der Waals surface area contributed by atoms with Gasteiger partial charge in [0.05, 0.1) is 15.7 Å². The van der Waals surface area contributed by atoms with Crippen LogP contribution in [0, 0.1) is 5.82 Å². The Hall–Kier alpha value is -0.480. The van der Waals surface area contributed by atoms with Crippen LogP contribution in [0.15, 0.2) is 34.8 Å². The molecule has 2 aromatic rings. The van der Waals surface area contributed by atoms with Crippen molar-refractivity contribution in [2.24, 2.45) is 0 Å². The first kappa shape index (κ1) is 14.9. The third-order valence-corrected chi connectivity index (χ3v) is 3.79. The molecule has 0 aromatic heterocycles. The van der Waals surface area contributed by atoms with Gasteiger partial charge in [0.25, 0.3) is 0 Å². The topological polar surface area (TPSA) is 12.0 Å². The first-order valence-corrected chi connectivity index (χ1v) is 7.22. The van der Waals surface area contributed by atoms with E-state index < -0.39 is 0 Å². The van der Waals surface area contributed by atoms with Gasteiger partial charge in [-0.05, 0) is 24.3 Å². The van der Waals surface area contributed by atoms with E-state index in [0.29, 0.717) is 30.8 Å². The average Bonchev–Trinajstić information content (AvgIpc) is 2.30. The molecule has 0 aliphatic rings. The van der Waals surface area contributed by atoms with Crippen LogP contribution in [0.25, 0.3) is 0 Å². The highest BCUT2D eigenvalue weighted by atomic mass is 79.9. The van der Waals surface area contributed by atoms with Crippen molar-refractivity contribution in [3.8, 4) is 0 Å². The van der Waals surface area contributed by atoms with Gasteiger partial charge in [-0.2, -0.15) is 0 Å². The minimum atomic E-state index is -0.303. The molecule has 0 amide bonds. The summed E-state index contributed by atoms with van der Waals surface area (Å²) in [6.45, 7) is 0.278. The van der Waals surface area contributed by atoms with Gasteiger partial charge in [-0.25, -0.2) is 4.39 Å². The summed E-state index contributed by atoms with van der Waals surface area (Å²) in [7, 11) is 0. The molecule has 2 aromatic carbocycles. The van der Waals surface area contributed by atoms with Crippen molar-refractivity contribution in [2.75, 3.05) is 5.32 Å². The Kier molecular flexibility index (Phi) is 4.96. The molecule has 1 N–H and O–H groups in total. The molecule has 2 rings (SSSR count). The van der Waals surface area contributed by atoms with E-state index in [4.69, 9.17) is 34.8 Å². The monoisotopic (exact) mass is 381 g/mol. The highest BCUT2D eigenvalue weighted by Gasteiger charge is 2.09. The van der Waals surface area contributed by atoms with Crippen LogP contribution < -0.4 is 5.32 Å². The van der Waals surface area contributed by atoms with Crippen LogP contribution in [0.2, 0.25) is 15.1 Å². The van der Waals surface area contributed by atoms with Gasteiger partial charge in [0, 0.05) is 21.6 Å². The van der Waals surface area contributed by atoms with Gasteiger partial charge in [-0.3, -0.25) is 0 Å². The molecule has 0 saturated heterocycles. The van der Waals surface area contributed by atoms with Crippen LogP contribution >= 0.6 is 50.7 Å². The predicted molar refractivity (Wildman–Crippen MR) is 82.9 cm³/mol. The van der Waals surface area contributed by atoms with Gasteiger partial charge >= 0.3 is 0 Å². The van der Waals surface area contributed by atoms with Crippen molar-refractivity contribution < 1.29 is 4.39 Å². The van der Waals surface area contributed by atoms with Crippen LogP contribution in [0.5, 0.6) is 0 Å². The highest BCUT2D eigenvalue weighted by molar-refractivity contribution is 9.10. The van der Waals surface area contributed by atoms with Crippen molar-refractivity contribution in [2.45, 2.75) is 6.54 Å². The Morgan fingerprint density at radius 1 is 1.05 bits per heavy atom. The molecule has 0 radical (unpaired) electrons. The van der Waals surface area contributed by atoms with Crippen LogP contribution in [0.1, 0.15) is 5.56 Å². The van der Waals surface area contributed by atoms with E-state index in [1.54, 1.807) is 24.3 Å².